The lowest BCUT2D eigenvalue weighted by atomic mass is 10.1. The maximum Gasteiger partial charge on any atom is 0.159 e. The zero-order valence-electron chi connectivity index (χ0n) is 7.88. The molecule has 0 radical (unpaired) electrons. The highest BCUT2D eigenvalue weighted by atomic mass is 16.3. The number of aliphatic hydroxyl groups excluding tert-OH is 1. The molecule has 2 heterocycles. The van der Waals surface area contributed by atoms with E-state index in [0.29, 0.717) is 5.52 Å². The number of aryl methyl sites for hydroxylation is 1. The van der Waals surface area contributed by atoms with Gasteiger partial charge >= 0.3 is 0 Å². The Labute approximate surface area is 81.2 Å². The molecular formula is C9H12N4O. The number of aromatic nitrogens is 3. The van der Waals surface area contributed by atoms with Crippen LogP contribution in [0.3, 0.4) is 0 Å². The lowest BCUT2D eigenvalue weighted by molar-refractivity contribution is 0.188. The number of hydrogen-bond donors (Lipinski definition) is 2. The fourth-order valence-electron chi connectivity index (χ4n) is 1.44. The van der Waals surface area contributed by atoms with Crippen LogP contribution < -0.4 is 5.73 Å². The van der Waals surface area contributed by atoms with Crippen LogP contribution in [0.25, 0.3) is 11.2 Å². The molecule has 0 aromatic carbocycles. The van der Waals surface area contributed by atoms with Gasteiger partial charge in [0, 0.05) is 25.4 Å². The number of nitrogens with two attached hydrogens (primary N) is 1. The Morgan fingerprint density at radius 1 is 1.57 bits per heavy atom. The molecule has 0 fully saturated rings. The van der Waals surface area contributed by atoms with Crippen LogP contribution in [0, 0.1) is 0 Å². The second kappa shape index (κ2) is 3.36. The number of hydrogen-bond acceptors (Lipinski definition) is 4. The van der Waals surface area contributed by atoms with Crippen molar-refractivity contribution >= 4 is 11.2 Å². The van der Waals surface area contributed by atoms with Crippen LogP contribution in [0.15, 0.2) is 18.6 Å². The van der Waals surface area contributed by atoms with Crippen LogP contribution in [0.5, 0.6) is 0 Å². The summed E-state index contributed by atoms with van der Waals surface area (Å²) >= 11 is 0. The third kappa shape index (κ3) is 1.26. The standard InChI is InChI=1S/C9H12N4O/c1-13-5-12-8-6(7(14)4-10)2-3-11-9(8)13/h2-3,5,7,14H,4,10H2,1H3. The predicted molar refractivity (Wildman–Crippen MR) is 52.5 cm³/mol. The van der Waals surface area contributed by atoms with Crippen molar-refractivity contribution in [2.75, 3.05) is 6.54 Å². The van der Waals surface area contributed by atoms with E-state index in [1.165, 1.54) is 0 Å². The van der Waals surface area contributed by atoms with E-state index in [1.54, 1.807) is 18.6 Å². The van der Waals surface area contributed by atoms with Crippen molar-refractivity contribution in [1.29, 1.82) is 0 Å². The number of fused-ring (bicyclic) bond motifs is 1. The molecule has 2 aromatic rings. The van der Waals surface area contributed by atoms with Gasteiger partial charge in [0.25, 0.3) is 0 Å². The summed E-state index contributed by atoms with van der Waals surface area (Å²) in [6.07, 6.45) is 2.65. The average molecular weight is 192 g/mol. The summed E-state index contributed by atoms with van der Waals surface area (Å²) in [7, 11) is 1.86. The molecule has 0 saturated carbocycles. The predicted octanol–water partition coefficient (Wildman–Crippen LogP) is -0.0396. The first-order valence-corrected chi connectivity index (χ1v) is 4.38. The van der Waals surface area contributed by atoms with Crippen molar-refractivity contribution < 1.29 is 5.11 Å². The van der Waals surface area contributed by atoms with Crippen LogP contribution in [0.1, 0.15) is 11.7 Å². The minimum Gasteiger partial charge on any atom is -0.387 e. The Morgan fingerprint density at radius 3 is 3.07 bits per heavy atom. The van der Waals surface area contributed by atoms with E-state index in [-0.39, 0.29) is 6.54 Å². The van der Waals surface area contributed by atoms with Gasteiger partial charge in [-0.1, -0.05) is 0 Å². The van der Waals surface area contributed by atoms with Crippen molar-refractivity contribution in [1.82, 2.24) is 14.5 Å². The fraction of sp³-hybridized carbons (Fsp3) is 0.333. The second-order valence-corrected chi connectivity index (χ2v) is 3.18. The Balaban J connectivity index is 2.65. The van der Waals surface area contributed by atoms with E-state index in [2.05, 4.69) is 9.97 Å². The van der Waals surface area contributed by atoms with E-state index in [9.17, 15) is 5.11 Å². The molecule has 5 nitrogen and oxygen atoms in total. The summed E-state index contributed by atoms with van der Waals surface area (Å²) in [4.78, 5) is 8.34. The summed E-state index contributed by atoms with van der Waals surface area (Å²) in [5.74, 6) is 0. The van der Waals surface area contributed by atoms with Gasteiger partial charge in [-0.2, -0.15) is 0 Å². The Hall–Kier alpha value is -1.46. The highest BCUT2D eigenvalue weighted by Gasteiger charge is 2.12. The first kappa shape index (κ1) is 9.11. The fourth-order valence-corrected chi connectivity index (χ4v) is 1.44. The van der Waals surface area contributed by atoms with E-state index >= 15 is 0 Å². The summed E-state index contributed by atoms with van der Waals surface area (Å²) in [6, 6.07) is 1.74. The van der Waals surface area contributed by atoms with Gasteiger partial charge in [-0.05, 0) is 6.07 Å². The molecule has 0 aliphatic rings. The molecule has 0 amide bonds. The zero-order chi connectivity index (χ0) is 10.1. The minimum atomic E-state index is -0.671. The van der Waals surface area contributed by atoms with Crippen LogP contribution >= 0.6 is 0 Å². The lowest BCUT2D eigenvalue weighted by Gasteiger charge is -2.07. The number of aliphatic hydroxyl groups is 1. The van der Waals surface area contributed by atoms with Crippen molar-refractivity contribution in [2.24, 2.45) is 12.8 Å². The van der Waals surface area contributed by atoms with E-state index in [1.807, 2.05) is 11.6 Å². The van der Waals surface area contributed by atoms with Crippen LogP contribution in [0.2, 0.25) is 0 Å². The number of rotatable bonds is 2. The van der Waals surface area contributed by atoms with Gasteiger partial charge in [-0.15, -0.1) is 0 Å². The maximum atomic E-state index is 9.63. The third-order valence-electron chi connectivity index (χ3n) is 2.21. The van der Waals surface area contributed by atoms with Gasteiger partial charge in [0.1, 0.15) is 5.52 Å². The monoisotopic (exact) mass is 192 g/mol. The molecule has 3 N–H and O–H groups in total. The molecule has 2 rings (SSSR count). The van der Waals surface area contributed by atoms with Gasteiger partial charge in [0.15, 0.2) is 5.65 Å². The van der Waals surface area contributed by atoms with Crippen molar-refractivity contribution in [3.63, 3.8) is 0 Å². The molecule has 1 atom stereocenters. The quantitative estimate of drug-likeness (QED) is 0.700. The molecule has 5 heteroatoms. The molecule has 14 heavy (non-hydrogen) atoms. The minimum absolute atomic E-state index is 0.190. The second-order valence-electron chi connectivity index (χ2n) is 3.18. The van der Waals surface area contributed by atoms with Crippen molar-refractivity contribution in [3.8, 4) is 0 Å². The van der Waals surface area contributed by atoms with Gasteiger partial charge in [-0.3, -0.25) is 0 Å². The topological polar surface area (TPSA) is 77.0 Å². The average Bonchev–Trinajstić information content (AvgIpc) is 2.59. The van der Waals surface area contributed by atoms with Crippen LogP contribution in [0.4, 0.5) is 0 Å². The molecule has 0 bridgehead atoms. The molecule has 0 aliphatic carbocycles. The zero-order valence-corrected chi connectivity index (χ0v) is 7.88. The Morgan fingerprint density at radius 2 is 2.36 bits per heavy atom. The molecular weight excluding hydrogens is 180 g/mol. The number of pyridine rings is 1. The first-order valence-electron chi connectivity index (χ1n) is 4.38. The van der Waals surface area contributed by atoms with E-state index in [0.717, 1.165) is 11.2 Å². The summed E-state index contributed by atoms with van der Waals surface area (Å²) in [5.41, 5.74) is 7.61. The smallest absolute Gasteiger partial charge is 0.159 e. The van der Waals surface area contributed by atoms with E-state index in [4.69, 9.17) is 5.73 Å². The molecule has 0 spiro atoms. The maximum absolute atomic E-state index is 9.63. The van der Waals surface area contributed by atoms with E-state index < -0.39 is 6.10 Å². The SMILES string of the molecule is Cn1cnc2c(C(O)CN)ccnc21. The normalized spacial score (nSPS) is 13.4. The lowest BCUT2D eigenvalue weighted by Crippen LogP contribution is -2.12. The summed E-state index contributed by atoms with van der Waals surface area (Å²) < 4.78 is 1.81. The van der Waals surface area contributed by atoms with Gasteiger partial charge in [-0.25, -0.2) is 9.97 Å². The third-order valence-corrected chi connectivity index (χ3v) is 2.21. The Bertz CT molecular complexity index is 451. The molecule has 1 unspecified atom stereocenters. The van der Waals surface area contributed by atoms with Gasteiger partial charge in [0.05, 0.1) is 12.4 Å². The van der Waals surface area contributed by atoms with Crippen molar-refractivity contribution in [3.05, 3.63) is 24.2 Å². The van der Waals surface area contributed by atoms with Crippen LogP contribution in [-0.2, 0) is 7.05 Å². The van der Waals surface area contributed by atoms with Gasteiger partial charge < -0.3 is 15.4 Å². The Kier molecular flexibility index (Phi) is 2.18. The number of imidazole rings is 1. The number of nitrogens with zero attached hydrogens (tertiary/aromatic N) is 3. The molecule has 74 valence electrons. The van der Waals surface area contributed by atoms with Crippen molar-refractivity contribution in [2.45, 2.75) is 6.10 Å². The highest BCUT2D eigenvalue weighted by Crippen LogP contribution is 2.19. The molecule has 0 aliphatic heterocycles. The van der Waals surface area contributed by atoms with Crippen LogP contribution in [-0.4, -0.2) is 26.2 Å². The first-order chi connectivity index (χ1) is 6.74. The highest BCUT2D eigenvalue weighted by molar-refractivity contribution is 5.75. The summed E-state index contributed by atoms with van der Waals surface area (Å²) in [6.45, 7) is 0.190. The molecule has 2 aromatic heterocycles. The largest absolute Gasteiger partial charge is 0.387 e. The van der Waals surface area contributed by atoms with Gasteiger partial charge in [0.2, 0.25) is 0 Å². The summed E-state index contributed by atoms with van der Waals surface area (Å²) in [5, 5.41) is 9.63. The molecule has 0 saturated heterocycles.